The normalized spacial score (nSPS) is 8.33. The largest absolute Gasteiger partial charge is 0.344 e. The van der Waals surface area contributed by atoms with Crippen LogP contribution in [0.2, 0.25) is 0 Å². The average Bonchev–Trinajstić information content (AvgIpc) is 2.05. The van der Waals surface area contributed by atoms with Crippen molar-refractivity contribution in [3.05, 3.63) is 36.8 Å². The van der Waals surface area contributed by atoms with Gasteiger partial charge < -0.3 is 12.3 Å². The molecule has 0 bridgehead atoms. The van der Waals surface area contributed by atoms with Crippen molar-refractivity contribution in [2.75, 3.05) is 0 Å². The second-order valence-electron chi connectivity index (χ2n) is 2.08. The number of hydrogen-bond acceptors (Lipinski definition) is 4. The number of para-hydroxylation sites is 1. The molecule has 6 N–H and O–H groups in total. The van der Waals surface area contributed by atoms with E-state index in [4.69, 9.17) is 0 Å². The van der Waals surface area contributed by atoms with Gasteiger partial charge in [-0.3, -0.25) is 0 Å². The Morgan fingerprint density at radius 3 is 2.50 bits per heavy atom. The van der Waals surface area contributed by atoms with Crippen LogP contribution in [0.4, 0.5) is 0 Å². The van der Waals surface area contributed by atoms with E-state index in [1.54, 1.807) is 6.33 Å². The van der Waals surface area contributed by atoms with Crippen LogP contribution in [0.15, 0.2) is 36.8 Å². The number of nitrogens with zero attached hydrogens (tertiary/aromatic N) is 2. The van der Waals surface area contributed by atoms with Crippen LogP contribution in [0.25, 0.3) is 10.9 Å². The highest BCUT2D eigenvalue weighted by atomic mass is 14.8. The highest BCUT2D eigenvalue weighted by Crippen LogP contribution is 2.06. The topological polar surface area (TPSA) is 95.8 Å². The molecule has 0 saturated heterocycles. The van der Waals surface area contributed by atoms with E-state index in [0.29, 0.717) is 0 Å². The summed E-state index contributed by atoms with van der Waals surface area (Å²) in [4.78, 5) is 7.97. The van der Waals surface area contributed by atoms with Crippen LogP contribution in [-0.4, -0.2) is 9.97 Å². The molecule has 0 saturated carbocycles. The van der Waals surface area contributed by atoms with Crippen molar-refractivity contribution in [1.82, 2.24) is 22.3 Å². The number of hydrogen-bond donors (Lipinski definition) is 2. The summed E-state index contributed by atoms with van der Waals surface area (Å²) >= 11 is 0. The molecule has 2 rings (SSSR count). The maximum absolute atomic E-state index is 4.07. The van der Waals surface area contributed by atoms with Crippen molar-refractivity contribution < 1.29 is 0 Å². The fourth-order valence-electron chi connectivity index (χ4n) is 0.923. The molecule has 0 aliphatic heterocycles. The summed E-state index contributed by atoms with van der Waals surface area (Å²) in [6.07, 6.45) is 3.37. The molecule has 64 valence electrons. The lowest BCUT2D eigenvalue weighted by atomic mass is 10.2. The third-order valence-corrected chi connectivity index (χ3v) is 1.41. The van der Waals surface area contributed by atoms with Crippen molar-refractivity contribution in [3.63, 3.8) is 0 Å². The Morgan fingerprint density at radius 1 is 1.00 bits per heavy atom. The zero-order valence-electron chi connectivity index (χ0n) is 6.77. The van der Waals surface area contributed by atoms with Crippen molar-refractivity contribution in [2.45, 2.75) is 0 Å². The zero-order chi connectivity index (χ0) is 6.81. The van der Waals surface area contributed by atoms with E-state index in [-0.39, 0.29) is 12.3 Å². The number of fused-ring (bicyclic) bond motifs is 1. The van der Waals surface area contributed by atoms with Gasteiger partial charge in [-0.05, 0) is 6.07 Å². The molecule has 1 aromatic heterocycles. The summed E-state index contributed by atoms with van der Waals surface area (Å²) in [6.45, 7) is 0. The first-order valence-corrected chi connectivity index (χ1v) is 3.11. The highest BCUT2D eigenvalue weighted by molar-refractivity contribution is 5.76. The first-order valence-electron chi connectivity index (χ1n) is 3.11. The summed E-state index contributed by atoms with van der Waals surface area (Å²) in [7, 11) is 0. The fraction of sp³-hybridized carbons (Fsp3) is 0. The van der Waals surface area contributed by atoms with Crippen molar-refractivity contribution in [1.29, 1.82) is 0 Å². The van der Waals surface area contributed by atoms with Gasteiger partial charge in [0.25, 0.3) is 0 Å². The van der Waals surface area contributed by atoms with Crippen LogP contribution in [0.1, 0.15) is 0 Å². The lowest BCUT2D eigenvalue weighted by molar-refractivity contribution is 1.22. The fourth-order valence-corrected chi connectivity index (χ4v) is 0.923. The lowest BCUT2D eigenvalue weighted by Gasteiger charge is -1.90. The molecule has 0 aliphatic carbocycles. The minimum absolute atomic E-state index is 0. The van der Waals surface area contributed by atoms with E-state index in [1.807, 2.05) is 30.5 Å². The monoisotopic (exact) mass is 164 g/mol. The molecule has 0 atom stereocenters. The Kier molecular flexibility index (Phi) is 3.82. The van der Waals surface area contributed by atoms with Gasteiger partial charge in [0.05, 0.1) is 5.52 Å². The number of rotatable bonds is 0. The molecule has 2 aromatic rings. The smallest absolute Gasteiger partial charge is 0.116 e. The second-order valence-corrected chi connectivity index (χ2v) is 2.08. The van der Waals surface area contributed by atoms with Crippen molar-refractivity contribution >= 4 is 10.9 Å². The van der Waals surface area contributed by atoms with Crippen LogP contribution in [-0.2, 0) is 0 Å². The van der Waals surface area contributed by atoms with Gasteiger partial charge in [-0.2, -0.15) is 0 Å². The van der Waals surface area contributed by atoms with Gasteiger partial charge in [0, 0.05) is 11.6 Å². The van der Waals surface area contributed by atoms with E-state index < -0.39 is 0 Å². The van der Waals surface area contributed by atoms with Crippen LogP contribution in [0.5, 0.6) is 0 Å². The first kappa shape index (κ1) is 10.5. The van der Waals surface area contributed by atoms with Gasteiger partial charge in [-0.25, -0.2) is 9.97 Å². The molecule has 12 heavy (non-hydrogen) atoms. The molecule has 1 heterocycles. The third kappa shape index (κ3) is 1.75. The second kappa shape index (κ2) is 4.38. The predicted octanol–water partition coefficient (Wildman–Crippen LogP) is 1.95. The summed E-state index contributed by atoms with van der Waals surface area (Å²) < 4.78 is 0. The SMILES string of the molecule is N.N.c1ccc2ncncc2c1. The van der Waals surface area contributed by atoms with Gasteiger partial charge >= 0.3 is 0 Å². The molecule has 0 amide bonds. The zero-order valence-corrected chi connectivity index (χ0v) is 6.77. The molecule has 0 aliphatic rings. The molecule has 0 fully saturated rings. The van der Waals surface area contributed by atoms with Crippen molar-refractivity contribution in [2.24, 2.45) is 0 Å². The van der Waals surface area contributed by atoms with Gasteiger partial charge in [0.1, 0.15) is 6.33 Å². The first-order chi connectivity index (χ1) is 4.97. The number of aromatic nitrogens is 2. The Bertz CT molecular complexity index is 282. The molecule has 4 nitrogen and oxygen atoms in total. The summed E-state index contributed by atoms with van der Waals surface area (Å²) in [5.41, 5.74) is 0.998. The quantitative estimate of drug-likeness (QED) is 0.622. The van der Waals surface area contributed by atoms with Crippen LogP contribution >= 0.6 is 0 Å². The molecule has 1 aromatic carbocycles. The van der Waals surface area contributed by atoms with E-state index in [1.165, 1.54) is 0 Å². The van der Waals surface area contributed by atoms with Gasteiger partial charge in [0.2, 0.25) is 0 Å². The maximum atomic E-state index is 4.07. The molecule has 4 heteroatoms. The standard InChI is InChI=1S/C8H6N2.2H3N/c1-2-4-8-7(3-1)5-9-6-10-8;;/h1-6H;2*1H3. The molecule has 0 spiro atoms. The summed E-state index contributed by atoms with van der Waals surface area (Å²) in [5, 5.41) is 1.09. The Balaban J connectivity index is 0.000000605. The molecular weight excluding hydrogens is 152 g/mol. The Labute approximate surface area is 70.8 Å². The number of benzene rings is 1. The average molecular weight is 164 g/mol. The Morgan fingerprint density at radius 2 is 1.75 bits per heavy atom. The van der Waals surface area contributed by atoms with Crippen LogP contribution in [0.3, 0.4) is 0 Å². The van der Waals surface area contributed by atoms with Gasteiger partial charge in [0.15, 0.2) is 0 Å². The molecule has 0 radical (unpaired) electrons. The third-order valence-electron chi connectivity index (χ3n) is 1.41. The summed E-state index contributed by atoms with van der Waals surface area (Å²) in [6, 6.07) is 7.91. The highest BCUT2D eigenvalue weighted by Gasteiger charge is 1.87. The van der Waals surface area contributed by atoms with E-state index >= 15 is 0 Å². The molecule has 0 unspecified atom stereocenters. The van der Waals surface area contributed by atoms with Gasteiger partial charge in [-0.15, -0.1) is 0 Å². The lowest BCUT2D eigenvalue weighted by Crippen LogP contribution is -1.77. The Hall–Kier alpha value is -1.52. The predicted molar refractivity (Wildman–Crippen MR) is 49.6 cm³/mol. The van der Waals surface area contributed by atoms with E-state index in [0.717, 1.165) is 10.9 Å². The van der Waals surface area contributed by atoms with E-state index in [2.05, 4.69) is 9.97 Å². The van der Waals surface area contributed by atoms with Crippen LogP contribution in [0, 0.1) is 0 Å². The minimum Gasteiger partial charge on any atom is -0.344 e. The van der Waals surface area contributed by atoms with Gasteiger partial charge in [-0.1, -0.05) is 18.2 Å². The maximum Gasteiger partial charge on any atom is 0.116 e. The van der Waals surface area contributed by atoms with Crippen molar-refractivity contribution in [3.8, 4) is 0 Å². The molecular formula is C8H12N4. The van der Waals surface area contributed by atoms with E-state index in [9.17, 15) is 0 Å². The summed E-state index contributed by atoms with van der Waals surface area (Å²) in [5.74, 6) is 0. The minimum atomic E-state index is 0. The van der Waals surface area contributed by atoms with Crippen LogP contribution < -0.4 is 12.3 Å².